The van der Waals surface area contributed by atoms with Gasteiger partial charge in [-0.2, -0.15) is 0 Å². The molecule has 0 aromatic carbocycles. The van der Waals surface area contributed by atoms with Crippen molar-refractivity contribution in [2.45, 2.75) is 12.7 Å². The van der Waals surface area contributed by atoms with Crippen molar-refractivity contribution in [2.24, 2.45) is 0 Å². The first-order valence-electron chi connectivity index (χ1n) is 3.68. The summed E-state index contributed by atoms with van der Waals surface area (Å²) >= 11 is 0. The number of aromatic nitrogens is 3. The van der Waals surface area contributed by atoms with Crippen LogP contribution >= 0.6 is 0 Å². The molecule has 1 aromatic heterocycles. The molecule has 0 spiro atoms. The van der Waals surface area contributed by atoms with Gasteiger partial charge in [0, 0.05) is 0 Å². The fourth-order valence-electron chi connectivity index (χ4n) is 0.865. The molecule has 6 nitrogen and oxygen atoms in total. The van der Waals surface area contributed by atoms with Crippen LogP contribution in [0.5, 0.6) is 0 Å². The van der Waals surface area contributed by atoms with Gasteiger partial charge in [0.05, 0.1) is 6.54 Å². The summed E-state index contributed by atoms with van der Waals surface area (Å²) in [4.78, 5) is 35.8. The van der Waals surface area contributed by atoms with Crippen LogP contribution in [0.3, 0.4) is 0 Å². The first-order chi connectivity index (χ1) is 6.54. The highest BCUT2D eigenvalue weighted by molar-refractivity contribution is 4.71. The summed E-state index contributed by atoms with van der Waals surface area (Å²) in [6, 6.07) is 0. The second-order valence-electron chi connectivity index (χ2n) is 2.55. The van der Waals surface area contributed by atoms with Gasteiger partial charge in [0.25, 0.3) is 0 Å². The molecule has 78 valence electrons. The minimum Gasteiger partial charge on any atom is -0.259 e. The number of nitrogens with zero attached hydrogens (tertiary/aromatic N) is 1. The quantitative estimate of drug-likeness (QED) is 0.634. The smallest absolute Gasteiger partial charge is 0.259 e. The molecule has 2 N–H and O–H groups in total. The highest BCUT2D eigenvalue weighted by atomic mass is 19.2. The number of halogens is 2. The van der Waals surface area contributed by atoms with Crippen LogP contribution in [-0.4, -0.2) is 27.4 Å². The lowest BCUT2D eigenvalue weighted by Gasteiger charge is -2.03. The minimum absolute atomic E-state index is 0.381. The number of hydrogen-bond donors (Lipinski definition) is 2. The molecule has 0 radical (unpaired) electrons. The van der Waals surface area contributed by atoms with E-state index in [1.54, 1.807) is 9.97 Å². The monoisotopic (exact) mass is 207 g/mol. The van der Waals surface area contributed by atoms with E-state index in [9.17, 15) is 23.2 Å². The maximum Gasteiger partial charge on any atom is 0.333 e. The zero-order valence-corrected chi connectivity index (χ0v) is 6.92. The van der Waals surface area contributed by atoms with Crippen molar-refractivity contribution in [2.75, 3.05) is 6.67 Å². The molecule has 0 aliphatic heterocycles. The van der Waals surface area contributed by atoms with E-state index in [0.29, 0.717) is 4.57 Å². The minimum atomic E-state index is -1.94. The van der Waals surface area contributed by atoms with Crippen molar-refractivity contribution in [1.29, 1.82) is 0 Å². The Morgan fingerprint density at radius 1 is 1.21 bits per heavy atom. The molecule has 1 heterocycles. The maximum atomic E-state index is 12.5. The van der Waals surface area contributed by atoms with Crippen LogP contribution in [-0.2, 0) is 6.54 Å². The lowest BCUT2D eigenvalue weighted by Crippen LogP contribution is -2.44. The normalized spacial score (nSPS) is 12.7. The highest BCUT2D eigenvalue weighted by Gasteiger charge is 2.10. The molecule has 8 heteroatoms. The molecular weight excluding hydrogens is 200 g/mol. The van der Waals surface area contributed by atoms with Gasteiger partial charge in [-0.15, -0.1) is 0 Å². The Labute approximate surface area is 75.2 Å². The van der Waals surface area contributed by atoms with Crippen LogP contribution in [0.1, 0.15) is 0 Å². The Morgan fingerprint density at radius 2 is 1.71 bits per heavy atom. The van der Waals surface area contributed by atoms with Crippen LogP contribution in [0.25, 0.3) is 0 Å². The predicted octanol–water partition coefficient (Wildman–Crippen LogP) is -1.47. The van der Waals surface area contributed by atoms with Crippen molar-refractivity contribution >= 4 is 0 Å². The SMILES string of the molecule is O=c1[nH]c(=O)n(CC(F)CF)c(=O)[nH]1. The molecule has 0 saturated carbocycles. The van der Waals surface area contributed by atoms with Crippen LogP contribution in [0.4, 0.5) is 8.78 Å². The molecule has 0 aliphatic rings. The summed E-state index contributed by atoms with van der Waals surface area (Å²) in [5.41, 5.74) is -3.10. The Hall–Kier alpha value is -1.73. The first-order valence-corrected chi connectivity index (χ1v) is 3.68. The van der Waals surface area contributed by atoms with Crippen LogP contribution in [0.15, 0.2) is 14.4 Å². The molecule has 0 aliphatic carbocycles. The first kappa shape index (κ1) is 10.4. The van der Waals surface area contributed by atoms with Gasteiger partial charge >= 0.3 is 17.1 Å². The Bertz CT molecular complexity index is 440. The van der Waals surface area contributed by atoms with E-state index in [1.807, 2.05) is 0 Å². The second kappa shape index (κ2) is 3.99. The van der Waals surface area contributed by atoms with E-state index < -0.39 is 36.5 Å². The second-order valence-corrected chi connectivity index (χ2v) is 2.55. The van der Waals surface area contributed by atoms with Crippen molar-refractivity contribution in [3.63, 3.8) is 0 Å². The zero-order valence-electron chi connectivity index (χ0n) is 6.92. The van der Waals surface area contributed by atoms with E-state index in [4.69, 9.17) is 0 Å². The Balaban J connectivity index is 3.16. The van der Waals surface area contributed by atoms with Crippen LogP contribution < -0.4 is 17.1 Å². The average Bonchev–Trinajstić information content (AvgIpc) is 2.10. The molecule has 0 fully saturated rings. The van der Waals surface area contributed by atoms with E-state index in [0.717, 1.165) is 0 Å². The van der Waals surface area contributed by atoms with Gasteiger partial charge in [-0.1, -0.05) is 0 Å². The fourth-order valence-corrected chi connectivity index (χ4v) is 0.865. The number of rotatable bonds is 3. The molecule has 1 atom stereocenters. The summed E-state index contributed by atoms with van der Waals surface area (Å²) in [5.74, 6) is 0. The van der Waals surface area contributed by atoms with E-state index in [1.165, 1.54) is 0 Å². The standard InChI is InChI=1S/C6H7F2N3O3/c7-1-3(8)2-11-5(13)9-4(12)10-6(11)14/h3H,1-2H2,(H2,9,10,12,13,14). The van der Waals surface area contributed by atoms with Crippen molar-refractivity contribution < 1.29 is 8.78 Å². The zero-order chi connectivity index (χ0) is 10.7. The summed E-state index contributed by atoms with van der Waals surface area (Å²) in [7, 11) is 0. The van der Waals surface area contributed by atoms with Gasteiger partial charge in [-0.25, -0.2) is 27.7 Å². The molecule has 0 amide bonds. The van der Waals surface area contributed by atoms with Gasteiger partial charge in [-0.05, 0) is 0 Å². The number of H-pyrrole nitrogens is 2. The molecule has 1 aromatic rings. The molecule has 1 unspecified atom stereocenters. The molecule has 14 heavy (non-hydrogen) atoms. The Morgan fingerprint density at radius 3 is 2.14 bits per heavy atom. The largest absolute Gasteiger partial charge is 0.333 e. The van der Waals surface area contributed by atoms with Gasteiger partial charge < -0.3 is 0 Å². The lowest BCUT2D eigenvalue weighted by atomic mass is 10.4. The van der Waals surface area contributed by atoms with E-state index in [-0.39, 0.29) is 0 Å². The maximum absolute atomic E-state index is 12.5. The number of hydrogen-bond acceptors (Lipinski definition) is 3. The van der Waals surface area contributed by atoms with E-state index >= 15 is 0 Å². The third kappa shape index (κ3) is 2.15. The van der Waals surface area contributed by atoms with E-state index in [2.05, 4.69) is 0 Å². The molecule has 1 rings (SSSR count). The Kier molecular flexibility index (Phi) is 2.95. The van der Waals surface area contributed by atoms with Gasteiger partial charge in [-0.3, -0.25) is 9.97 Å². The number of alkyl halides is 2. The third-order valence-electron chi connectivity index (χ3n) is 1.48. The third-order valence-corrected chi connectivity index (χ3v) is 1.48. The topological polar surface area (TPSA) is 87.7 Å². The summed E-state index contributed by atoms with van der Waals surface area (Å²) in [5, 5.41) is 0. The van der Waals surface area contributed by atoms with Crippen molar-refractivity contribution in [1.82, 2.24) is 14.5 Å². The summed E-state index contributed by atoms with van der Waals surface area (Å²) in [6.07, 6.45) is -1.94. The van der Waals surface area contributed by atoms with Gasteiger partial charge in [0.2, 0.25) is 0 Å². The molecular formula is C6H7F2N3O3. The number of nitrogens with one attached hydrogen (secondary N) is 2. The average molecular weight is 207 g/mol. The van der Waals surface area contributed by atoms with Gasteiger partial charge in [0.1, 0.15) is 12.8 Å². The molecule has 0 bridgehead atoms. The van der Waals surface area contributed by atoms with Gasteiger partial charge in [0.15, 0.2) is 0 Å². The molecule has 0 saturated heterocycles. The van der Waals surface area contributed by atoms with Crippen molar-refractivity contribution in [3.05, 3.63) is 31.5 Å². The van der Waals surface area contributed by atoms with Crippen LogP contribution in [0, 0.1) is 0 Å². The summed E-state index contributed by atoms with van der Waals surface area (Å²) < 4.78 is 24.6. The predicted molar refractivity (Wildman–Crippen MR) is 42.8 cm³/mol. The summed E-state index contributed by atoms with van der Waals surface area (Å²) in [6.45, 7) is -2.02. The lowest BCUT2D eigenvalue weighted by molar-refractivity contribution is 0.228. The van der Waals surface area contributed by atoms with Crippen molar-refractivity contribution in [3.8, 4) is 0 Å². The number of aromatic amines is 2. The highest BCUT2D eigenvalue weighted by Crippen LogP contribution is 1.92. The fraction of sp³-hybridized carbons (Fsp3) is 0.500. The van der Waals surface area contributed by atoms with Crippen LogP contribution in [0.2, 0.25) is 0 Å².